The first-order chi connectivity index (χ1) is 5.29. The van der Waals surface area contributed by atoms with Crippen molar-refractivity contribution in [2.75, 3.05) is 0 Å². The van der Waals surface area contributed by atoms with Crippen molar-refractivity contribution in [2.45, 2.75) is 32.6 Å². The van der Waals surface area contributed by atoms with Crippen LogP contribution in [0.2, 0.25) is 0 Å². The number of aromatic nitrogens is 2. The minimum Gasteiger partial charge on any atom is -0.285 e. The van der Waals surface area contributed by atoms with Gasteiger partial charge in [0, 0.05) is 6.20 Å². The topological polar surface area (TPSA) is 28.7 Å². The molecule has 2 heteroatoms. The second kappa shape index (κ2) is 2.36. The molecule has 0 aromatic carbocycles. The van der Waals surface area contributed by atoms with Gasteiger partial charge in [0.15, 0.2) is 0 Å². The number of nitrogens with one attached hydrogen (secondary N) is 1. The molecule has 0 aliphatic heterocycles. The van der Waals surface area contributed by atoms with Crippen LogP contribution in [-0.4, -0.2) is 10.2 Å². The zero-order valence-corrected chi connectivity index (χ0v) is 6.93. The average molecular weight is 150 g/mol. The summed E-state index contributed by atoms with van der Waals surface area (Å²) in [4.78, 5) is 0. The zero-order valence-electron chi connectivity index (χ0n) is 6.93. The summed E-state index contributed by atoms with van der Waals surface area (Å²) >= 11 is 0. The van der Waals surface area contributed by atoms with Crippen LogP contribution in [0, 0.1) is 5.41 Å². The Morgan fingerprint density at radius 2 is 2.45 bits per heavy atom. The van der Waals surface area contributed by atoms with Crippen molar-refractivity contribution in [1.29, 1.82) is 0 Å². The first-order valence-corrected chi connectivity index (χ1v) is 4.27. The summed E-state index contributed by atoms with van der Waals surface area (Å²) in [5, 5.41) is 6.96. The van der Waals surface area contributed by atoms with Crippen molar-refractivity contribution in [3.05, 3.63) is 18.0 Å². The molecule has 60 valence electrons. The molecule has 1 N–H and O–H groups in total. The summed E-state index contributed by atoms with van der Waals surface area (Å²) in [5.74, 6) is 0. The van der Waals surface area contributed by atoms with Crippen molar-refractivity contribution < 1.29 is 0 Å². The van der Waals surface area contributed by atoms with Gasteiger partial charge in [0.1, 0.15) is 0 Å². The summed E-state index contributed by atoms with van der Waals surface area (Å²) in [5.41, 5.74) is 1.87. The minimum atomic E-state index is 0.666. The van der Waals surface area contributed by atoms with E-state index in [0.717, 1.165) is 6.42 Å². The monoisotopic (exact) mass is 150 g/mol. The summed E-state index contributed by atoms with van der Waals surface area (Å²) in [6.07, 6.45) is 7.16. The largest absolute Gasteiger partial charge is 0.285 e. The Labute approximate surface area is 67.0 Å². The molecular weight excluding hydrogens is 136 g/mol. The Balaban J connectivity index is 1.83. The van der Waals surface area contributed by atoms with Gasteiger partial charge in [0.05, 0.1) is 5.69 Å². The summed E-state index contributed by atoms with van der Waals surface area (Å²) in [6, 6.07) is 2.06. The highest BCUT2D eigenvalue weighted by Crippen LogP contribution is 2.48. The standard InChI is InChI=1S/C9H14N2/c1-9(5-6-9)4-2-8-3-7-10-11-8/h3,7H,2,4-6H2,1H3,(H,10,11). The van der Waals surface area contributed by atoms with Gasteiger partial charge in [-0.25, -0.2) is 0 Å². The third-order valence-electron chi connectivity index (χ3n) is 2.65. The van der Waals surface area contributed by atoms with Crippen LogP contribution in [0.3, 0.4) is 0 Å². The van der Waals surface area contributed by atoms with Crippen LogP contribution in [0.15, 0.2) is 12.3 Å². The molecule has 11 heavy (non-hydrogen) atoms. The fourth-order valence-electron chi connectivity index (χ4n) is 1.32. The number of aromatic amines is 1. The molecule has 0 radical (unpaired) electrons. The van der Waals surface area contributed by atoms with Crippen LogP contribution < -0.4 is 0 Å². The second-order valence-corrected chi connectivity index (χ2v) is 3.88. The zero-order chi connectivity index (χ0) is 7.73. The Bertz CT molecular complexity index is 222. The van der Waals surface area contributed by atoms with Gasteiger partial charge in [0.2, 0.25) is 0 Å². The van der Waals surface area contributed by atoms with Crippen LogP contribution >= 0.6 is 0 Å². The lowest BCUT2D eigenvalue weighted by Crippen LogP contribution is -1.96. The van der Waals surface area contributed by atoms with Crippen LogP contribution in [0.1, 0.15) is 31.9 Å². The van der Waals surface area contributed by atoms with Gasteiger partial charge in [-0.05, 0) is 37.2 Å². The Morgan fingerprint density at radius 3 is 3.00 bits per heavy atom. The normalized spacial score (nSPS) is 20.1. The molecule has 1 aliphatic carbocycles. The fraction of sp³-hybridized carbons (Fsp3) is 0.667. The Morgan fingerprint density at radius 1 is 1.64 bits per heavy atom. The third-order valence-corrected chi connectivity index (χ3v) is 2.65. The first-order valence-electron chi connectivity index (χ1n) is 4.27. The smallest absolute Gasteiger partial charge is 0.0622 e. The first kappa shape index (κ1) is 6.89. The highest BCUT2D eigenvalue weighted by Gasteiger charge is 2.36. The van der Waals surface area contributed by atoms with Crippen molar-refractivity contribution >= 4 is 0 Å². The van der Waals surface area contributed by atoms with Gasteiger partial charge in [-0.1, -0.05) is 6.92 Å². The summed E-state index contributed by atoms with van der Waals surface area (Å²) < 4.78 is 0. The van der Waals surface area contributed by atoms with E-state index in [2.05, 4.69) is 23.2 Å². The van der Waals surface area contributed by atoms with Gasteiger partial charge >= 0.3 is 0 Å². The predicted octanol–water partition coefficient (Wildman–Crippen LogP) is 2.14. The van der Waals surface area contributed by atoms with Crippen molar-refractivity contribution in [3.8, 4) is 0 Å². The number of hydrogen-bond acceptors (Lipinski definition) is 1. The summed E-state index contributed by atoms with van der Waals surface area (Å²) in [6.45, 7) is 2.36. The van der Waals surface area contributed by atoms with E-state index >= 15 is 0 Å². The molecule has 2 nitrogen and oxygen atoms in total. The van der Waals surface area contributed by atoms with Crippen LogP contribution in [0.25, 0.3) is 0 Å². The van der Waals surface area contributed by atoms with Gasteiger partial charge in [0.25, 0.3) is 0 Å². The number of nitrogens with zero attached hydrogens (tertiary/aromatic N) is 1. The molecule has 1 heterocycles. The lowest BCUT2D eigenvalue weighted by Gasteiger charge is -2.04. The lowest BCUT2D eigenvalue weighted by atomic mass is 10.0. The maximum atomic E-state index is 4.12. The molecule has 0 bridgehead atoms. The van der Waals surface area contributed by atoms with E-state index in [1.54, 1.807) is 0 Å². The summed E-state index contributed by atoms with van der Waals surface area (Å²) in [7, 11) is 0. The number of rotatable bonds is 3. The van der Waals surface area contributed by atoms with E-state index in [-0.39, 0.29) is 0 Å². The Hall–Kier alpha value is -0.790. The van der Waals surface area contributed by atoms with Gasteiger partial charge < -0.3 is 0 Å². The molecule has 0 unspecified atom stereocenters. The van der Waals surface area contributed by atoms with Gasteiger partial charge in [-0.3, -0.25) is 5.10 Å². The third kappa shape index (κ3) is 1.62. The molecule has 0 spiro atoms. The van der Waals surface area contributed by atoms with Gasteiger partial charge in [-0.15, -0.1) is 0 Å². The maximum Gasteiger partial charge on any atom is 0.0622 e. The van der Waals surface area contributed by atoms with Crippen LogP contribution in [0.4, 0.5) is 0 Å². The second-order valence-electron chi connectivity index (χ2n) is 3.88. The molecule has 2 rings (SSSR count). The van der Waals surface area contributed by atoms with Crippen molar-refractivity contribution in [1.82, 2.24) is 10.2 Å². The van der Waals surface area contributed by atoms with Crippen molar-refractivity contribution in [2.24, 2.45) is 5.41 Å². The van der Waals surface area contributed by atoms with Crippen LogP contribution in [-0.2, 0) is 6.42 Å². The highest BCUT2D eigenvalue weighted by molar-refractivity contribution is 5.00. The SMILES string of the molecule is CC1(CCc2cc[nH]n2)CC1. The predicted molar refractivity (Wildman–Crippen MR) is 44.2 cm³/mol. The maximum absolute atomic E-state index is 4.12. The number of hydrogen-bond donors (Lipinski definition) is 1. The van der Waals surface area contributed by atoms with E-state index < -0.39 is 0 Å². The molecular formula is C9H14N2. The van der Waals surface area contributed by atoms with Crippen molar-refractivity contribution in [3.63, 3.8) is 0 Å². The average Bonchev–Trinajstić information content (AvgIpc) is 2.53. The lowest BCUT2D eigenvalue weighted by molar-refractivity contribution is 0.514. The number of H-pyrrole nitrogens is 1. The molecule has 0 atom stereocenters. The molecule has 1 saturated carbocycles. The van der Waals surface area contributed by atoms with E-state index in [0.29, 0.717) is 5.41 Å². The fourth-order valence-corrected chi connectivity index (χ4v) is 1.32. The number of aryl methyl sites for hydroxylation is 1. The van der Waals surface area contributed by atoms with E-state index in [1.807, 2.05) is 6.20 Å². The highest BCUT2D eigenvalue weighted by atomic mass is 15.1. The van der Waals surface area contributed by atoms with Crippen LogP contribution in [0.5, 0.6) is 0 Å². The molecule has 0 saturated heterocycles. The minimum absolute atomic E-state index is 0.666. The van der Waals surface area contributed by atoms with E-state index in [9.17, 15) is 0 Å². The molecule has 1 aromatic heterocycles. The quantitative estimate of drug-likeness (QED) is 0.702. The Kier molecular flexibility index (Phi) is 1.48. The molecule has 1 fully saturated rings. The van der Waals surface area contributed by atoms with E-state index in [1.165, 1.54) is 25.0 Å². The van der Waals surface area contributed by atoms with Gasteiger partial charge in [-0.2, -0.15) is 5.10 Å². The molecule has 1 aliphatic rings. The molecule has 1 aromatic rings. The van der Waals surface area contributed by atoms with E-state index in [4.69, 9.17) is 0 Å². The molecule has 0 amide bonds.